The molecule has 5 aliphatic rings. The van der Waals surface area contributed by atoms with Crippen molar-refractivity contribution in [1.29, 1.82) is 0 Å². The normalized spacial score (nSPS) is 38.6. The summed E-state index contributed by atoms with van der Waals surface area (Å²) in [6.07, 6.45) is 11.1. The zero-order valence-electron chi connectivity index (χ0n) is 29.9. The first-order valence-electron chi connectivity index (χ1n) is 18.4. The third-order valence-corrected chi connectivity index (χ3v) is 15.5. The van der Waals surface area contributed by atoms with Crippen molar-refractivity contribution in [3.8, 4) is 11.5 Å². The van der Waals surface area contributed by atoms with Crippen molar-refractivity contribution in [3.63, 3.8) is 0 Å². The molecule has 0 saturated heterocycles. The van der Waals surface area contributed by atoms with Gasteiger partial charge in [-0.2, -0.15) is 0 Å². The van der Waals surface area contributed by atoms with Crippen molar-refractivity contribution < 1.29 is 29.3 Å². The number of allylic oxidation sites excluding steroid dienone is 3. The van der Waals surface area contributed by atoms with Crippen LogP contribution in [0.1, 0.15) is 134 Å². The molecular formula is C42H54O6. The highest BCUT2D eigenvalue weighted by Crippen LogP contribution is 2.65. The Hall–Kier alpha value is -3.28. The number of hydrogen-bond donors (Lipinski definition) is 3. The Bertz CT molecular complexity index is 1810. The molecular weight excluding hydrogens is 600 g/mol. The largest absolute Gasteiger partial charge is 0.507 e. The van der Waals surface area contributed by atoms with Crippen LogP contribution < -0.4 is 0 Å². The number of Topliss-reactive ketones (excluding diaryl/α,β-unsaturated/α-hetero) is 2. The summed E-state index contributed by atoms with van der Waals surface area (Å²) in [5, 5.41) is 34.9. The second-order valence-corrected chi connectivity index (χ2v) is 17.6. The van der Waals surface area contributed by atoms with Crippen molar-refractivity contribution in [3.05, 3.63) is 52.8 Å². The fourth-order valence-corrected chi connectivity index (χ4v) is 11.8. The van der Waals surface area contributed by atoms with E-state index in [0.717, 1.165) is 64.2 Å². The highest BCUT2D eigenvalue weighted by molar-refractivity contribution is 6.52. The number of aliphatic hydroxyl groups is 1. The molecule has 6 nitrogen and oxygen atoms in total. The van der Waals surface area contributed by atoms with Crippen LogP contribution in [0.3, 0.4) is 0 Å². The van der Waals surface area contributed by atoms with Crippen molar-refractivity contribution in [2.24, 2.45) is 45.3 Å². The predicted molar refractivity (Wildman–Crippen MR) is 189 cm³/mol. The third-order valence-electron chi connectivity index (χ3n) is 15.5. The van der Waals surface area contributed by atoms with Gasteiger partial charge in [0, 0.05) is 16.5 Å². The number of rotatable bonds is 4. The highest BCUT2D eigenvalue weighted by atomic mass is 16.4. The Kier molecular flexibility index (Phi) is 7.52. The first kappa shape index (κ1) is 33.2. The first-order chi connectivity index (χ1) is 22.5. The fourth-order valence-electron chi connectivity index (χ4n) is 11.8. The molecule has 2 aromatic rings. The third kappa shape index (κ3) is 4.35. The number of ketones is 2. The van der Waals surface area contributed by atoms with Gasteiger partial charge >= 0.3 is 0 Å². The summed E-state index contributed by atoms with van der Waals surface area (Å²) < 4.78 is 6.25. The molecule has 0 aliphatic heterocycles. The maximum absolute atomic E-state index is 13.9. The highest BCUT2D eigenvalue weighted by Gasteiger charge is 2.57. The molecule has 4 fully saturated rings. The van der Waals surface area contributed by atoms with E-state index in [-0.39, 0.29) is 79.7 Å². The smallest absolute Gasteiger partial charge is 0.269 e. The van der Waals surface area contributed by atoms with Gasteiger partial charge in [-0.15, -0.1) is 0 Å². The van der Waals surface area contributed by atoms with Crippen LogP contribution in [0.5, 0.6) is 11.5 Å². The second kappa shape index (κ2) is 10.9. The van der Waals surface area contributed by atoms with E-state index in [1.165, 1.54) is 17.2 Å². The number of carbonyl (C=O) groups is 2. The summed E-state index contributed by atoms with van der Waals surface area (Å²) in [6.45, 7) is 22.6. The Labute approximate surface area is 285 Å². The van der Waals surface area contributed by atoms with Crippen molar-refractivity contribution >= 4 is 28.3 Å². The van der Waals surface area contributed by atoms with E-state index < -0.39 is 11.6 Å². The molecule has 7 rings (SSSR count). The SMILES string of the molecule is C=C1CCC[C@@H]2[C@@](C)(CC3=C(O)c4c(oc5c(C[C@@]6(C)[C@H](C)CC[C@]7(C)C(=C)CCC[C@H]67)c(O)c(O)cc45)C(=O)C3=O)[C@H](C)CC[C@]12C. The number of aromatic hydroxyl groups is 2. The summed E-state index contributed by atoms with van der Waals surface area (Å²) >= 11 is 0. The summed E-state index contributed by atoms with van der Waals surface area (Å²) in [6, 6.07) is 1.37. The fraction of sp³-hybridized carbons (Fsp3) is 0.619. The molecule has 8 atom stereocenters. The van der Waals surface area contributed by atoms with Crippen LogP contribution in [0.2, 0.25) is 0 Å². The van der Waals surface area contributed by atoms with E-state index in [0.29, 0.717) is 29.2 Å². The molecule has 1 aromatic carbocycles. The van der Waals surface area contributed by atoms with Gasteiger partial charge in [0.1, 0.15) is 11.3 Å². The number of carbonyl (C=O) groups excluding carboxylic acids is 2. The summed E-state index contributed by atoms with van der Waals surface area (Å²) in [4.78, 5) is 27.8. The number of aliphatic hydroxyl groups excluding tert-OH is 1. The minimum Gasteiger partial charge on any atom is -0.507 e. The molecule has 258 valence electrons. The lowest BCUT2D eigenvalue weighted by atomic mass is 9.46. The minimum absolute atomic E-state index is 0.0150. The van der Waals surface area contributed by atoms with Gasteiger partial charge in [-0.05, 0) is 128 Å². The molecule has 4 saturated carbocycles. The number of benzene rings is 1. The molecule has 0 spiro atoms. The zero-order valence-corrected chi connectivity index (χ0v) is 29.9. The van der Waals surface area contributed by atoms with Gasteiger partial charge in [-0.1, -0.05) is 65.8 Å². The van der Waals surface area contributed by atoms with Gasteiger partial charge in [0.2, 0.25) is 5.78 Å². The van der Waals surface area contributed by atoms with E-state index in [1.807, 2.05) is 0 Å². The number of phenols is 2. The summed E-state index contributed by atoms with van der Waals surface area (Å²) in [5.74, 6) is -1.37. The Morgan fingerprint density at radius 2 is 1.31 bits per heavy atom. The number of phenolic OH excluding ortho intramolecular Hbond substituents is 2. The molecule has 1 aromatic heterocycles. The maximum atomic E-state index is 13.9. The lowest BCUT2D eigenvalue weighted by Crippen LogP contribution is -2.51. The molecule has 0 unspecified atom stereocenters. The van der Waals surface area contributed by atoms with Crippen LogP contribution in [-0.4, -0.2) is 26.9 Å². The van der Waals surface area contributed by atoms with Gasteiger partial charge in [-0.25, -0.2) is 0 Å². The van der Waals surface area contributed by atoms with Crippen LogP contribution >= 0.6 is 0 Å². The van der Waals surface area contributed by atoms with Crippen LogP contribution in [0, 0.1) is 45.3 Å². The van der Waals surface area contributed by atoms with Crippen LogP contribution in [0.15, 0.2) is 40.4 Å². The van der Waals surface area contributed by atoms with E-state index in [9.17, 15) is 24.9 Å². The average molecular weight is 655 g/mol. The first-order valence-corrected chi connectivity index (χ1v) is 18.4. The Morgan fingerprint density at radius 1 is 0.792 bits per heavy atom. The van der Waals surface area contributed by atoms with Gasteiger partial charge in [0.25, 0.3) is 5.78 Å². The lowest BCUT2D eigenvalue weighted by molar-refractivity contribution is -0.113. The summed E-state index contributed by atoms with van der Waals surface area (Å²) in [7, 11) is 0. The molecule has 0 radical (unpaired) electrons. The standard InChI is InChI=1S/C42H54O6/c1-22-11-9-13-30-39(22,5)17-15-24(3)41(30,7)20-27-34(45)32-26-19-29(43)33(44)28(37(26)48-38(32)36(47)35(27)46)21-42(8)25(4)16-18-40(6)23(2)12-10-14-31(40)42/h19,24-25,30-31,43-45H,1-2,9-18,20-21H2,3-8H3/t24-,25-,30+,31+,39-,40-,41+,42+/m1/s1. The predicted octanol–water partition coefficient (Wildman–Crippen LogP) is 10.4. The molecule has 6 heteroatoms. The monoisotopic (exact) mass is 654 g/mol. The second-order valence-electron chi connectivity index (χ2n) is 17.6. The molecule has 0 bridgehead atoms. The molecule has 1 heterocycles. The van der Waals surface area contributed by atoms with Gasteiger partial charge in [0.05, 0.1) is 5.56 Å². The zero-order chi connectivity index (χ0) is 34.7. The van der Waals surface area contributed by atoms with Crippen LogP contribution in [0.25, 0.3) is 16.7 Å². The lowest BCUT2D eigenvalue weighted by Gasteiger charge is -2.59. The quantitative estimate of drug-likeness (QED) is 0.172. The Morgan fingerprint density at radius 3 is 1.85 bits per heavy atom. The van der Waals surface area contributed by atoms with Gasteiger partial charge < -0.3 is 19.7 Å². The number of fused-ring (bicyclic) bond motifs is 5. The maximum Gasteiger partial charge on any atom is 0.269 e. The topological polar surface area (TPSA) is 108 Å². The minimum atomic E-state index is -0.782. The van der Waals surface area contributed by atoms with Crippen molar-refractivity contribution in [2.45, 2.75) is 119 Å². The Balaban J connectivity index is 1.35. The van der Waals surface area contributed by atoms with Crippen LogP contribution in [-0.2, 0) is 11.2 Å². The van der Waals surface area contributed by atoms with Crippen molar-refractivity contribution in [1.82, 2.24) is 0 Å². The van der Waals surface area contributed by atoms with Crippen molar-refractivity contribution in [2.75, 3.05) is 0 Å². The van der Waals surface area contributed by atoms with Gasteiger partial charge in [0.15, 0.2) is 17.3 Å². The van der Waals surface area contributed by atoms with E-state index >= 15 is 0 Å². The van der Waals surface area contributed by atoms with Gasteiger partial charge in [-0.3, -0.25) is 9.59 Å². The number of furan rings is 1. The summed E-state index contributed by atoms with van der Waals surface area (Å²) in [5.41, 5.74) is 2.88. The molecule has 5 aliphatic carbocycles. The number of hydrogen-bond acceptors (Lipinski definition) is 6. The van der Waals surface area contributed by atoms with E-state index in [2.05, 4.69) is 54.7 Å². The van der Waals surface area contributed by atoms with E-state index in [1.54, 1.807) is 0 Å². The molecule has 3 N–H and O–H groups in total. The van der Waals surface area contributed by atoms with E-state index in [4.69, 9.17) is 4.42 Å². The average Bonchev–Trinajstić information content (AvgIpc) is 3.42. The molecule has 48 heavy (non-hydrogen) atoms. The molecule has 0 amide bonds. The van der Waals surface area contributed by atoms with Crippen LogP contribution in [0.4, 0.5) is 0 Å².